The van der Waals surface area contributed by atoms with E-state index in [1.165, 1.54) is 64.0 Å². The molecule has 0 unspecified atom stereocenters. The molecule has 0 N–H and O–H groups in total. The summed E-state index contributed by atoms with van der Waals surface area (Å²) in [5.74, 6) is 0.355. The van der Waals surface area contributed by atoms with E-state index in [4.69, 9.17) is 4.74 Å². The molecule has 0 aromatic heterocycles. The van der Waals surface area contributed by atoms with Crippen molar-refractivity contribution in [1.29, 1.82) is 0 Å². The Morgan fingerprint density at radius 3 is 1.76 bits per heavy atom. The van der Waals surface area contributed by atoms with Crippen molar-refractivity contribution in [1.82, 2.24) is 0 Å². The van der Waals surface area contributed by atoms with Gasteiger partial charge in [0.2, 0.25) is 0 Å². The van der Waals surface area contributed by atoms with Crippen LogP contribution in [0.4, 0.5) is 13.2 Å². The molecule has 1 aromatic carbocycles. The first-order valence-electron chi connectivity index (χ1n) is 11.6. The fourth-order valence-electron chi connectivity index (χ4n) is 4.46. The van der Waals surface area contributed by atoms with E-state index in [1.807, 2.05) is 0 Å². The number of halogens is 3. The Morgan fingerprint density at radius 1 is 0.862 bits per heavy atom. The van der Waals surface area contributed by atoms with Crippen LogP contribution < -0.4 is 0 Å². The van der Waals surface area contributed by atoms with E-state index in [1.54, 1.807) is 12.1 Å². The molecule has 0 aliphatic heterocycles. The van der Waals surface area contributed by atoms with Gasteiger partial charge in [0.15, 0.2) is 0 Å². The first-order chi connectivity index (χ1) is 13.8. The summed E-state index contributed by atoms with van der Waals surface area (Å²) in [7, 11) is 0. The molecule has 1 aromatic rings. The van der Waals surface area contributed by atoms with E-state index in [0.717, 1.165) is 23.0 Å². The second-order valence-electron chi connectivity index (χ2n) is 9.03. The van der Waals surface area contributed by atoms with Crippen molar-refractivity contribution in [2.24, 2.45) is 0 Å². The molecule has 29 heavy (non-hydrogen) atoms. The van der Waals surface area contributed by atoms with Crippen LogP contribution in [0.1, 0.15) is 89.2 Å². The van der Waals surface area contributed by atoms with Gasteiger partial charge in [0.1, 0.15) is 0 Å². The molecule has 0 amide bonds. The van der Waals surface area contributed by atoms with Gasteiger partial charge in [0, 0.05) is 0 Å². The van der Waals surface area contributed by atoms with Gasteiger partial charge in [-0.2, -0.15) is 0 Å². The van der Waals surface area contributed by atoms with Crippen LogP contribution in [0.5, 0.6) is 0 Å². The molecule has 0 radical (unpaired) electrons. The standard InChI is InChI=1S/C12H12F3O.3C4H9.Sn/c1-16-11-6-9(7-11)8-2-4-10(5-3-8)12(13,14)15;3*1-3-4-2;/h2-5,9,11H,1,6-7H2;3*1,3-4H2,2H3;. The summed E-state index contributed by atoms with van der Waals surface area (Å²) in [6, 6.07) is 5.73. The van der Waals surface area contributed by atoms with Gasteiger partial charge in [-0.3, -0.25) is 0 Å². The van der Waals surface area contributed by atoms with Gasteiger partial charge in [-0.05, 0) is 0 Å². The number of benzene rings is 1. The van der Waals surface area contributed by atoms with Crippen LogP contribution in [0.25, 0.3) is 0 Å². The molecule has 1 fully saturated rings. The van der Waals surface area contributed by atoms with Gasteiger partial charge < -0.3 is 0 Å². The van der Waals surface area contributed by atoms with E-state index in [-0.39, 0.29) is 0 Å². The summed E-state index contributed by atoms with van der Waals surface area (Å²) in [5, 5.41) is 0. The van der Waals surface area contributed by atoms with E-state index >= 15 is 0 Å². The molecular weight excluding hydrogens is 480 g/mol. The first-order valence-corrected chi connectivity index (χ1v) is 19.7. The fraction of sp³-hybridized carbons (Fsp3) is 0.750. The average Bonchev–Trinajstić information content (AvgIpc) is 2.67. The third-order valence-corrected chi connectivity index (χ3v) is 20.9. The summed E-state index contributed by atoms with van der Waals surface area (Å²) in [6.07, 6.45) is 5.86. The van der Waals surface area contributed by atoms with Crippen molar-refractivity contribution in [2.75, 3.05) is 4.62 Å². The Labute approximate surface area is 179 Å². The van der Waals surface area contributed by atoms with Crippen LogP contribution in [0.15, 0.2) is 24.3 Å². The van der Waals surface area contributed by atoms with Gasteiger partial charge in [0.25, 0.3) is 0 Å². The Morgan fingerprint density at radius 2 is 1.34 bits per heavy atom. The zero-order valence-corrected chi connectivity index (χ0v) is 21.3. The van der Waals surface area contributed by atoms with Crippen LogP contribution in [-0.2, 0) is 10.9 Å². The van der Waals surface area contributed by atoms with Crippen LogP contribution in [-0.4, -0.2) is 29.1 Å². The molecule has 2 rings (SSSR count). The molecule has 1 aliphatic rings. The quantitative estimate of drug-likeness (QED) is 0.238. The molecule has 0 bridgehead atoms. The molecule has 0 heterocycles. The van der Waals surface area contributed by atoms with Crippen molar-refractivity contribution in [3.63, 3.8) is 0 Å². The van der Waals surface area contributed by atoms with Crippen molar-refractivity contribution in [2.45, 2.75) is 104 Å². The zero-order chi connectivity index (χ0) is 21.3. The molecule has 0 saturated heterocycles. The van der Waals surface area contributed by atoms with E-state index in [2.05, 4.69) is 20.8 Å². The number of hydrogen-bond acceptors (Lipinski definition) is 1. The van der Waals surface area contributed by atoms with Gasteiger partial charge in [0.05, 0.1) is 0 Å². The monoisotopic (exact) mass is 520 g/mol. The number of hydrogen-bond donors (Lipinski definition) is 0. The Bertz CT molecular complexity index is 557. The number of ether oxygens (including phenoxy) is 1. The molecule has 0 spiro atoms. The average molecular weight is 519 g/mol. The third-order valence-electron chi connectivity index (χ3n) is 6.61. The summed E-state index contributed by atoms with van der Waals surface area (Å²) in [5.41, 5.74) is 0.463. The van der Waals surface area contributed by atoms with Crippen LogP contribution in [0, 0.1) is 0 Å². The predicted molar refractivity (Wildman–Crippen MR) is 118 cm³/mol. The Hall–Kier alpha value is -0.231. The summed E-state index contributed by atoms with van der Waals surface area (Å²) in [4.78, 5) is 0. The molecule has 5 heteroatoms. The van der Waals surface area contributed by atoms with Gasteiger partial charge in [-0.15, -0.1) is 0 Å². The normalized spacial score (nSPS) is 19.9. The maximum atomic E-state index is 12.7. The van der Waals surface area contributed by atoms with Crippen molar-refractivity contribution in [3.8, 4) is 0 Å². The van der Waals surface area contributed by atoms with Crippen molar-refractivity contribution < 1.29 is 17.9 Å². The first kappa shape index (κ1) is 25.0. The topological polar surface area (TPSA) is 9.23 Å². The molecule has 1 aliphatic carbocycles. The number of unbranched alkanes of at least 4 members (excludes halogenated alkanes) is 3. The minimum absolute atomic E-state index is 0.309. The SMILES string of the molecule is CCC[CH2][Sn]([CH2]CCC)([CH2]CCC)[CH2]OC1CC(c2ccc(C(F)(F)F)cc2)C1. The molecule has 0 atom stereocenters. The molecular formula is C24H39F3OSn. The number of alkyl halides is 3. The van der Waals surface area contributed by atoms with E-state index in [9.17, 15) is 13.2 Å². The second kappa shape index (κ2) is 12.0. The van der Waals surface area contributed by atoms with Gasteiger partial charge >= 0.3 is 180 Å². The van der Waals surface area contributed by atoms with Crippen molar-refractivity contribution >= 4 is 18.4 Å². The second-order valence-corrected chi connectivity index (χ2v) is 22.7. The minimum atomic E-state index is -4.25. The van der Waals surface area contributed by atoms with Crippen LogP contribution in [0.2, 0.25) is 13.3 Å². The van der Waals surface area contributed by atoms with E-state index in [0.29, 0.717) is 12.0 Å². The van der Waals surface area contributed by atoms with E-state index < -0.39 is 30.1 Å². The Kier molecular flexibility index (Phi) is 10.3. The zero-order valence-electron chi connectivity index (χ0n) is 18.5. The fourth-order valence-corrected chi connectivity index (χ4v) is 19.0. The third kappa shape index (κ3) is 7.75. The number of rotatable bonds is 13. The van der Waals surface area contributed by atoms with Gasteiger partial charge in [-0.1, -0.05) is 0 Å². The molecule has 1 saturated carbocycles. The maximum absolute atomic E-state index is 12.7. The summed E-state index contributed by atoms with van der Waals surface area (Å²) in [6.45, 7) is 6.87. The van der Waals surface area contributed by atoms with Crippen molar-refractivity contribution in [3.05, 3.63) is 35.4 Å². The van der Waals surface area contributed by atoms with Crippen LogP contribution >= 0.6 is 0 Å². The predicted octanol–water partition coefficient (Wildman–Crippen LogP) is 8.36. The van der Waals surface area contributed by atoms with Gasteiger partial charge in [-0.25, -0.2) is 0 Å². The summed E-state index contributed by atoms with van der Waals surface area (Å²) >= 11 is -2.24. The molecule has 1 nitrogen and oxygen atoms in total. The molecule has 166 valence electrons. The summed E-state index contributed by atoms with van der Waals surface area (Å²) < 4.78 is 50.1. The van der Waals surface area contributed by atoms with Crippen LogP contribution in [0.3, 0.4) is 0 Å². The Balaban J connectivity index is 1.88.